The molecule has 1 saturated heterocycles. The van der Waals surface area contributed by atoms with Crippen LogP contribution in [0.5, 0.6) is 0 Å². The SMILES string of the molecule is Cc1ccccc1NS(=O)(=O)c1c(C)[nH]c(C)c1C(=O)N1CCCCC1. The van der Waals surface area contributed by atoms with E-state index in [1.54, 1.807) is 30.9 Å². The number of carbonyl (C=O) groups is 1. The molecule has 1 fully saturated rings. The topological polar surface area (TPSA) is 82.3 Å². The van der Waals surface area contributed by atoms with E-state index in [-0.39, 0.29) is 16.4 Å². The summed E-state index contributed by atoms with van der Waals surface area (Å²) in [5, 5.41) is 0. The number of hydrogen-bond donors (Lipinski definition) is 2. The monoisotopic (exact) mass is 375 g/mol. The van der Waals surface area contributed by atoms with Crippen molar-refractivity contribution in [3.8, 4) is 0 Å². The summed E-state index contributed by atoms with van der Waals surface area (Å²) in [6.45, 7) is 6.62. The number of anilines is 1. The smallest absolute Gasteiger partial charge is 0.264 e. The Labute approximate surface area is 154 Å². The zero-order valence-electron chi connectivity index (χ0n) is 15.4. The zero-order chi connectivity index (χ0) is 18.9. The number of nitrogens with one attached hydrogen (secondary N) is 2. The van der Waals surface area contributed by atoms with Gasteiger partial charge in [-0.3, -0.25) is 9.52 Å². The number of aryl methyl sites for hydroxylation is 3. The highest BCUT2D eigenvalue weighted by Gasteiger charge is 2.32. The summed E-state index contributed by atoms with van der Waals surface area (Å²) in [6.07, 6.45) is 3.02. The van der Waals surface area contributed by atoms with E-state index in [0.29, 0.717) is 30.2 Å². The molecule has 0 bridgehead atoms. The van der Waals surface area contributed by atoms with Gasteiger partial charge in [0.2, 0.25) is 0 Å². The second kappa shape index (κ2) is 7.15. The molecule has 1 aromatic carbocycles. The van der Waals surface area contributed by atoms with Crippen LogP contribution in [0.4, 0.5) is 5.69 Å². The average Bonchev–Trinajstić information content (AvgIpc) is 2.92. The predicted molar refractivity (Wildman–Crippen MR) is 102 cm³/mol. The Balaban J connectivity index is 2.02. The number of sulfonamides is 1. The zero-order valence-corrected chi connectivity index (χ0v) is 16.2. The first-order valence-electron chi connectivity index (χ1n) is 8.88. The number of nitrogens with zero attached hydrogens (tertiary/aromatic N) is 1. The number of aromatic amines is 1. The van der Waals surface area contributed by atoms with Crippen molar-refractivity contribution < 1.29 is 13.2 Å². The average molecular weight is 375 g/mol. The van der Waals surface area contributed by atoms with Gasteiger partial charge in [-0.25, -0.2) is 8.42 Å². The van der Waals surface area contributed by atoms with Crippen LogP contribution in [0.2, 0.25) is 0 Å². The molecule has 0 spiro atoms. The highest BCUT2D eigenvalue weighted by Crippen LogP contribution is 2.28. The fraction of sp³-hybridized carbons (Fsp3) is 0.421. The molecule has 3 rings (SSSR count). The van der Waals surface area contributed by atoms with Gasteiger partial charge in [0.15, 0.2) is 0 Å². The first-order valence-corrected chi connectivity index (χ1v) is 10.4. The lowest BCUT2D eigenvalue weighted by molar-refractivity contribution is 0.0720. The predicted octanol–water partition coefficient (Wildman–Crippen LogP) is 3.37. The van der Waals surface area contributed by atoms with Gasteiger partial charge in [-0.15, -0.1) is 0 Å². The molecule has 0 radical (unpaired) electrons. The van der Waals surface area contributed by atoms with Crippen LogP contribution >= 0.6 is 0 Å². The molecule has 2 aromatic rings. The van der Waals surface area contributed by atoms with E-state index in [0.717, 1.165) is 24.8 Å². The maximum absolute atomic E-state index is 13.1. The number of likely N-dealkylation sites (tertiary alicyclic amines) is 1. The molecule has 1 amide bonds. The summed E-state index contributed by atoms with van der Waals surface area (Å²) in [6, 6.07) is 7.19. The van der Waals surface area contributed by atoms with Crippen molar-refractivity contribution in [3.63, 3.8) is 0 Å². The standard InChI is InChI=1S/C19H25N3O3S/c1-13-9-5-6-10-16(13)21-26(24,25)18-15(3)20-14(2)17(18)19(23)22-11-7-4-8-12-22/h5-6,9-10,20-21H,4,7-8,11-12H2,1-3H3. The van der Waals surface area contributed by atoms with E-state index in [4.69, 9.17) is 0 Å². The third-order valence-corrected chi connectivity index (χ3v) is 6.37. The van der Waals surface area contributed by atoms with Gasteiger partial charge in [-0.05, 0) is 51.7 Å². The van der Waals surface area contributed by atoms with Crippen molar-refractivity contribution in [2.45, 2.75) is 44.9 Å². The number of para-hydroxylation sites is 1. The number of piperidine rings is 1. The minimum absolute atomic E-state index is 0.0498. The first kappa shape index (κ1) is 18.5. The molecule has 2 N–H and O–H groups in total. The third-order valence-electron chi connectivity index (χ3n) is 4.83. The number of amides is 1. The lowest BCUT2D eigenvalue weighted by Gasteiger charge is -2.27. The second-order valence-corrected chi connectivity index (χ2v) is 8.47. The summed E-state index contributed by atoms with van der Waals surface area (Å²) in [7, 11) is -3.89. The van der Waals surface area contributed by atoms with E-state index in [1.165, 1.54) is 0 Å². The summed E-state index contributed by atoms with van der Waals surface area (Å²) in [5.41, 5.74) is 2.66. The van der Waals surface area contributed by atoms with Gasteiger partial charge in [-0.1, -0.05) is 18.2 Å². The van der Waals surface area contributed by atoms with Crippen LogP contribution in [0.1, 0.15) is 46.6 Å². The van der Waals surface area contributed by atoms with Gasteiger partial charge < -0.3 is 9.88 Å². The molecule has 0 unspecified atom stereocenters. The lowest BCUT2D eigenvalue weighted by Crippen LogP contribution is -2.36. The third kappa shape index (κ3) is 3.49. The molecule has 1 aliphatic heterocycles. The highest BCUT2D eigenvalue weighted by atomic mass is 32.2. The minimum atomic E-state index is -3.89. The van der Waals surface area contributed by atoms with Crippen LogP contribution in [0.15, 0.2) is 29.2 Å². The molecule has 0 saturated carbocycles. The lowest BCUT2D eigenvalue weighted by atomic mass is 10.1. The van der Waals surface area contributed by atoms with Crippen molar-refractivity contribution in [1.29, 1.82) is 0 Å². The molecule has 0 aliphatic carbocycles. The Kier molecular flexibility index (Phi) is 5.09. The maximum atomic E-state index is 13.1. The number of benzene rings is 1. The van der Waals surface area contributed by atoms with Gasteiger partial charge in [0.25, 0.3) is 15.9 Å². The Hall–Kier alpha value is -2.28. The molecule has 2 heterocycles. The van der Waals surface area contributed by atoms with Crippen molar-refractivity contribution in [3.05, 3.63) is 46.8 Å². The quantitative estimate of drug-likeness (QED) is 0.859. The molecule has 26 heavy (non-hydrogen) atoms. The largest absolute Gasteiger partial charge is 0.361 e. The fourth-order valence-electron chi connectivity index (χ4n) is 3.49. The summed E-state index contributed by atoms with van der Waals surface area (Å²) >= 11 is 0. The van der Waals surface area contributed by atoms with Gasteiger partial charge >= 0.3 is 0 Å². The molecular weight excluding hydrogens is 350 g/mol. The summed E-state index contributed by atoms with van der Waals surface area (Å²) in [4.78, 5) is 17.9. The molecule has 140 valence electrons. The molecular formula is C19H25N3O3S. The van der Waals surface area contributed by atoms with Crippen LogP contribution < -0.4 is 4.72 Å². The molecule has 7 heteroatoms. The molecule has 1 aliphatic rings. The minimum Gasteiger partial charge on any atom is -0.361 e. The highest BCUT2D eigenvalue weighted by molar-refractivity contribution is 7.92. The Bertz CT molecular complexity index is 926. The Morgan fingerprint density at radius 3 is 2.35 bits per heavy atom. The van der Waals surface area contributed by atoms with Gasteiger partial charge in [0.1, 0.15) is 4.90 Å². The van der Waals surface area contributed by atoms with Gasteiger partial charge in [0.05, 0.1) is 11.3 Å². The maximum Gasteiger partial charge on any atom is 0.264 e. The van der Waals surface area contributed by atoms with E-state index in [9.17, 15) is 13.2 Å². The Morgan fingerprint density at radius 2 is 1.69 bits per heavy atom. The van der Waals surface area contributed by atoms with Crippen molar-refractivity contribution >= 4 is 21.6 Å². The van der Waals surface area contributed by atoms with Crippen LogP contribution in [0, 0.1) is 20.8 Å². The van der Waals surface area contributed by atoms with E-state index >= 15 is 0 Å². The van der Waals surface area contributed by atoms with E-state index < -0.39 is 10.0 Å². The number of carbonyl (C=O) groups excluding carboxylic acids is 1. The van der Waals surface area contributed by atoms with Crippen LogP contribution in [0.25, 0.3) is 0 Å². The number of aromatic nitrogens is 1. The summed E-state index contributed by atoms with van der Waals surface area (Å²) in [5.74, 6) is -0.211. The first-order chi connectivity index (χ1) is 12.3. The number of hydrogen-bond acceptors (Lipinski definition) is 3. The normalized spacial score (nSPS) is 15.1. The van der Waals surface area contributed by atoms with E-state index in [2.05, 4.69) is 9.71 Å². The van der Waals surface area contributed by atoms with Crippen LogP contribution in [-0.4, -0.2) is 37.3 Å². The van der Waals surface area contributed by atoms with Gasteiger partial charge in [-0.2, -0.15) is 0 Å². The second-order valence-electron chi connectivity index (χ2n) is 6.85. The van der Waals surface area contributed by atoms with Crippen molar-refractivity contribution in [2.24, 2.45) is 0 Å². The van der Waals surface area contributed by atoms with E-state index in [1.807, 2.05) is 19.1 Å². The van der Waals surface area contributed by atoms with Crippen LogP contribution in [0.3, 0.4) is 0 Å². The molecule has 0 atom stereocenters. The summed E-state index contributed by atoms with van der Waals surface area (Å²) < 4.78 is 28.8. The van der Waals surface area contributed by atoms with Crippen molar-refractivity contribution in [2.75, 3.05) is 17.8 Å². The van der Waals surface area contributed by atoms with Gasteiger partial charge in [0, 0.05) is 24.5 Å². The number of rotatable bonds is 4. The van der Waals surface area contributed by atoms with Crippen molar-refractivity contribution in [1.82, 2.24) is 9.88 Å². The number of H-pyrrole nitrogens is 1. The molecule has 6 nitrogen and oxygen atoms in total. The van der Waals surface area contributed by atoms with Crippen LogP contribution in [-0.2, 0) is 10.0 Å². The molecule has 1 aromatic heterocycles. The fourth-order valence-corrected chi connectivity index (χ4v) is 5.07. The Morgan fingerprint density at radius 1 is 1.04 bits per heavy atom.